The van der Waals surface area contributed by atoms with Gasteiger partial charge in [-0.3, -0.25) is 14.3 Å². The van der Waals surface area contributed by atoms with Gasteiger partial charge in [-0.1, -0.05) is 18.2 Å². The highest BCUT2D eigenvalue weighted by atomic mass is 19.3. The maximum absolute atomic E-state index is 14.9. The zero-order valence-corrected chi connectivity index (χ0v) is 19.9. The Bertz CT molecular complexity index is 1290. The first-order valence-corrected chi connectivity index (χ1v) is 11.1. The van der Waals surface area contributed by atoms with Crippen molar-refractivity contribution in [3.8, 4) is 11.5 Å². The molecule has 2 amide bonds. The molecule has 1 atom stereocenters. The van der Waals surface area contributed by atoms with Gasteiger partial charge in [-0.25, -0.2) is 13.2 Å². The lowest BCUT2D eigenvalue weighted by Gasteiger charge is -2.38. The fourth-order valence-corrected chi connectivity index (χ4v) is 4.44. The number of carbonyl (C=O) groups is 2. The molecule has 1 N–H and O–H groups in total. The number of halogens is 3. The number of fused-ring (bicyclic) bond motifs is 1. The van der Waals surface area contributed by atoms with Crippen LogP contribution in [-0.2, 0) is 18.3 Å². The maximum atomic E-state index is 14.9. The number of methoxy groups -OCH3 is 2. The van der Waals surface area contributed by atoms with Gasteiger partial charge in [0.15, 0.2) is 11.5 Å². The SMILES string of the molecule is COc1cc2c(cc1OC)C(c1ccccc1F)N(C(=O)CNC(=O)c1cn(C)nc1C(F)F)CC2. The van der Waals surface area contributed by atoms with E-state index < -0.39 is 42.3 Å². The molecule has 1 aliphatic rings. The molecular weight excluding hydrogens is 477 g/mol. The van der Waals surface area contributed by atoms with Crippen molar-refractivity contribution in [2.45, 2.75) is 18.9 Å². The number of benzene rings is 2. The fraction of sp³-hybridized carbons (Fsp3) is 0.320. The summed E-state index contributed by atoms with van der Waals surface area (Å²) in [6, 6.07) is 8.85. The minimum absolute atomic E-state index is 0.241. The van der Waals surface area contributed by atoms with Crippen LogP contribution in [0.1, 0.15) is 45.2 Å². The second-order valence-electron chi connectivity index (χ2n) is 8.25. The first-order chi connectivity index (χ1) is 17.2. The zero-order valence-electron chi connectivity index (χ0n) is 19.9. The fourth-order valence-electron chi connectivity index (χ4n) is 4.44. The average Bonchev–Trinajstić information content (AvgIpc) is 3.28. The van der Waals surface area contributed by atoms with Crippen molar-refractivity contribution in [1.29, 1.82) is 0 Å². The minimum Gasteiger partial charge on any atom is -0.493 e. The van der Waals surface area contributed by atoms with Gasteiger partial charge < -0.3 is 19.7 Å². The van der Waals surface area contributed by atoms with Gasteiger partial charge >= 0.3 is 0 Å². The normalized spacial score (nSPS) is 15.0. The van der Waals surface area contributed by atoms with E-state index in [9.17, 15) is 22.8 Å². The van der Waals surface area contributed by atoms with Crippen molar-refractivity contribution in [1.82, 2.24) is 20.0 Å². The molecule has 0 spiro atoms. The van der Waals surface area contributed by atoms with Gasteiger partial charge in [0.1, 0.15) is 11.5 Å². The molecule has 0 saturated heterocycles. The number of nitrogens with one attached hydrogen (secondary N) is 1. The molecule has 2 heterocycles. The number of aromatic nitrogens is 2. The summed E-state index contributed by atoms with van der Waals surface area (Å²) in [7, 11) is 4.42. The summed E-state index contributed by atoms with van der Waals surface area (Å²) in [6.07, 6.45) is -1.32. The largest absolute Gasteiger partial charge is 0.493 e. The molecule has 0 fully saturated rings. The molecule has 36 heavy (non-hydrogen) atoms. The third-order valence-electron chi connectivity index (χ3n) is 6.10. The van der Waals surface area contributed by atoms with Crippen molar-refractivity contribution in [2.24, 2.45) is 7.05 Å². The van der Waals surface area contributed by atoms with Gasteiger partial charge in [-0.2, -0.15) is 5.10 Å². The van der Waals surface area contributed by atoms with Crippen molar-refractivity contribution in [3.63, 3.8) is 0 Å². The van der Waals surface area contributed by atoms with Crippen molar-refractivity contribution in [2.75, 3.05) is 27.3 Å². The first kappa shape index (κ1) is 25.1. The van der Waals surface area contributed by atoms with Gasteiger partial charge in [0.2, 0.25) is 5.91 Å². The highest BCUT2D eigenvalue weighted by molar-refractivity contribution is 5.97. The van der Waals surface area contributed by atoms with Gasteiger partial charge in [-0.05, 0) is 35.7 Å². The molecule has 0 saturated carbocycles. The number of hydrogen-bond acceptors (Lipinski definition) is 5. The maximum Gasteiger partial charge on any atom is 0.282 e. The third kappa shape index (κ3) is 4.73. The molecule has 1 unspecified atom stereocenters. The van der Waals surface area contributed by atoms with E-state index in [0.29, 0.717) is 23.5 Å². The summed E-state index contributed by atoms with van der Waals surface area (Å²) in [5.74, 6) is -0.903. The molecule has 0 aliphatic carbocycles. The van der Waals surface area contributed by atoms with E-state index in [4.69, 9.17) is 9.47 Å². The molecule has 1 aromatic heterocycles. The second kappa shape index (κ2) is 10.3. The van der Waals surface area contributed by atoms with Crippen LogP contribution in [0.15, 0.2) is 42.6 Å². The zero-order chi connectivity index (χ0) is 26.0. The predicted octanol–water partition coefficient (Wildman–Crippen LogP) is 3.42. The summed E-state index contributed by atoms with van der Waals surface area (Å²) in [5, 5.41) is 6.01. The molecule has 190 valence electrons. The topological polar surface area (TPSA) is 85.7 Å². The van der Waals surface area contributed by atoms with Crippen LogP contribution < -0.4 is 14.8 Å². The lowest BCUT2D eigenvalue weighted by Crippen LogP contribution is -2.45. The number of rotatable bonds is 7. The van der Waals surface area contributed by atoms with E-state index in [0.717, 1.165) is 10.2 Å². The molecule has 8 nitrogen and oxygen atoms in total. The minimum atomic E-state index is -2.95. The Labute approximate surface area is 205 Å². The monoisotopic (exact) mass is 502 g/mol. The number of amides is 2. The Morgan fingerprint density at radius 2 is 1.83 bits per heavy atom. The number of carbonyl (C=O) groups excluding carboxylic acids is 2. The molecule has 0 bridgehead atoms. The molecule has 4 rings (SSSR count). The highest BCUT2D eigenvalue weighted by Crippen LogP contribution is 2.41. The summed E-state index contributed by atoms with van der Waals surface area (Å²) >= 11 is 0. The van der Waals surface area contributed by atoms with Gasteiger partial charge in [-0.15, -0.1) is 0 Å². The Morgan fingerprint density at radius 1 is 1.14 bits per heavy atom. The van der Waals surface area contributed by atoms with Crippen LogP contribution in [0.25, 0.3) is 0 Å². The number of alkyl halides is 2. The average molecular weight is 502 g/mol. The first-order valence-electron chi connectivity index (χ1n) is 11.1. The number of ether oxygens (including phenoxy) is 2. The Balaban J connectivity index is 1.65. The quantitative estimate of drug-likeness (QED) is 0.535. The van der Waals surface area contributed by atoms with Crippen LogP contribution in [-0.4, -0.2) is 53.8 Å². The molecule has 11 heteroatoms. The van der Waals surface area contributed by atoms with Gasteiger partial charge in [0.05, 0.1) is 32.4 Å². The van der Waals surface area contributed by atoms with Crippen LogP contribution in [0.3, 0.4) is 0 Å². The van der Waals surface area contributed by atoms with Crippen LogP contribution in [0, 0.1) is 5.82 Å². The number of aryl methyl sites for hydroxylation is 1. The summed E-state index contributed by atoms with van der Waals surface area (Å²) in [6.45, 7) is -0.227. The van der Waals surface area contributed by atoms with Crippen molar-refractivity contribution < 1.29 is 32.2 Å². The Morgan fingerprint density at radius 3 is 2.50 bits per heavy atom. The van der Waals surface area contributed by atoms with Crippen LogP contribution in [0.5, 0.6) is 11.5 Å². The molecular formula is C25H25F3N4O4. The Kier molecular flexibility index (Phi) is 7.18. The molecule has 1 aliphatic heterocycles. The molecule has 2 aromatic carbocycles. The predicted molar refractivity (Wildman–Crippen MR) is 124 cm³/mol. The van der Waals surface area contributed by atoms with Crippen LogP contribution in [0.4, 0.5) is 13.2 Å². The number of hydrogen-bond donors (Lipinski definition) is 1. The standard InChI is InChI=1S/C25H25F3N4O4/c1-31-13-17(22(30-31)24(27)28)25(34)29-12-21(33)32-9-8-14-10-19(35-2)20(36-3)11-16(14)23(32)15-6-4-5-7-18(15)26/h4-7,10-11,13,23-24H,8-9,12H2,1-3H3,(H,29,34). The third-order valence-corrected chi connectivity index (χ3v) is 6.10. The van der Waals surface area contributed by atoms with E-state index in [-0.39, 0.29) is 17.7 Å². The number of nitrogens with zero attached hydrogens (tertiary/aromatic N) is 3. The summed E-state index contributed by atoms with van der Waals surface area (Å²) in [5.41, 5.74) is 0.825. The van der Waals surface area contributed by atoms with Gasteiger partial charge in [0, 0.05) is 25.4 Å². The van der Waals surface area contributed by atoms with E-state index in [2.05, 4.69) is 10.4 Å². The summed E-state index contributed by atoms with van der Waals surface area (Å²) in [4.78, 5) is 27.3. The van der Waals surface area contributed by atoms with E-state index >= 15 is 0 Å². The van der Waals surface area contributed by atoms with E-state index in [1.807, 2.05) is 0 Å². The van der Waals surface area contributed by atoms with Crippen molar-refractivity contribution >= 4 is 11.8 Å². The van der Waals surface area contributed by atoms with Crippen LogP contribution in [0.2, 0.25) is 0 Å². The van der Waals surface area contributed by atoms with E-state index in [1.54, 1.807) is 30.3 Å². The lowest BCUT2D eigenvalue weighted by molar-refractivity contribution is -0.132. The summed E-state index contributed by atoms with van der Waals surface area (Å²) < 4.78 is 53.3. The molecule has 0 radical (unpaired) electrons. The van der Waals surface area contributed by atoms with E-state index in [1.165, 1.54) is 38.4 Å². The molecule has 3 aromatic rings. The van der Waals surface area contributed by atoms with Gasteiger partial charge in [0.25, 0.3) is 12.3 Å². The van der Waals surface area contributed by atoms with Crippen LogP contribution >= 0.6 is 0 Å². The Hall–Kier alpha value is -4.02. The second-order valence-corrected chi connectivity index (χ2v) is 8.25. The van der Waals surface area contributed by atoms with Crippen molar-refractivity contribution in [3.05, 3.63) is 76.4 Å². The highest BCUT2D eigenvalue weighted by Gasteiger charge is 2.35. The lowest BCUT2D eigenvalue weighted by atomic mass is 9.87. The smallest absolute Gasteiger partial charge is 0.282 e.